The van der Waals surface area contributed by atoms with Crippen LogP contribution in [-0.4, -0.2) is 38.8 Å². The van der Waals surface area contributed by atoms with Crippen molar-refractivity contribution < 1.29 is 4.79 Å². The van der Waals surface area contributed by atoms with Gasteiger partial charge in [0.1, 0.15) is 12.0 Å². The van der Waals surface area contributed by atoms with Crippen molar-refractivity contribution in [1.82, 2.24) is 19.9 Å². The Morgan fingerprint density at radius 2 is 1.88 bits per heavy atom. The maximum Gasteiger partial charge on any atom is 0.272 e. The van der Waals surface area contributed by atoms with Gasteiger partial charge >= 0.3 is 0 Å². The van der Waals surface area contributed by atoms with Crippen LogP contribution in [-0.2, 0) is 6.42 Å². The molecule has 1 aliphatic rings. The van der Waals surface area contributed by atoms with Crippen molar-refractivity contribution in [2.75, 3.05) is 13.1 Å². The lowest BCUT2D eigenvalue weighted by Gasteiger charge is -2.32. The van der Waals surface area contributed by atoms with Gasteiger partial charge in [-0.3, -0.25) is 9.78 Å². The summed E-state index contributed by atoms with van der Waals surface area (Å²) in [6, 6.07) is 12.1. The third-order valence-corrected chi connectivity index (χ3v) is 4.93. The Hall–Kier alpha value is -2.82. The van der Waals surface area contributed by atoms with Crippen molar-refractivity contribution in [3.05, 3.63) is 66.4 Å². The Bertz CT molecular complexity index is 868. The highest BCUT2D eigenvalue weighted by Crippen LogP contribution is 2.25. The fourth-order valence-corrected chi connectivity index (χ4v) is 3.56. The Morgan fingerprint density at radius 3 is 2.68 bits per heavy atom. The smallest absolute Gasteiger partial charge is 0.272 e. The fourth-order valence-electron chi connectivity index (χ4n) is 3.56. The molecule has 0 aliphatic carbocycles. The van der Waals surface area contributed by atoms with Gasteiger partial charge in [-0.2, -0.15) is 0 Å². The number of pyridine rings is 1. The average Bonchev–Trinajstić information content (AvgIpc) is 2.69. The summed E-state index contributed by atoms with van der Waals surface area (Å²) in [5.74, 6) is 0.592. The Labute approximate surface area is 146 Å². The fraction of sp³-hybridized carbons (Fsp3) is 0.300. The minimum absolute atomic E-state index is 0.00711. The van der Waals surface area contributed by atoms with Gasteiger partial charge in [-0.1, -0.05) is 24.3 Å². The first-order chi connectivity index (χ1) is 12.3. The lowest BCUT2D eigenvalue weighted by molar-refractivity contribution is 0.0684. The molecule has 1 fully saturated rings. The second kappa shape index (κ2) is 6.97. The number of fused-ring (bicyclic) bond motifs is 1. The van der Waals surface area contributed by atoms with Crippen LogP contribution in [0.1, 0.15) is 28.9 Å². The molecule has 1 aliphatic heterocycles. The molecule has 5 heteroatoms. The molecule has 0 N–H and O–H groups in total. The van der Waals surface area contributed by atoms with Gasteiger partial charge < -0.3 is 4.90 Å². The molecule has 0 spiro atoms. The Kier molecular flexibility index (Phi) is 4.37. The number of rotatable bonds is 3. The number of carbonyl (C=O) groups is 1. The van der Waals surface area contributed by atoms with Crippen LogP contribution in [0.4, 0.5) is 0 Å². The monoisotopic (exact) mass is 332 g/mol. The van der Waals surface area contributed by atoms with E-state index in [0.717, 1.165) is 37.9 Å². The molecule has 0 radical (unpaired) electrons. The molecule has 2 aromatic heterocycles. The van der Waals surface area contributed by atoms with Crippen molar-refractivity contribution in [2.24, 2.45) is 5.92 Å². The van der Waals surface area contributed by atoms with E-state index in [9.17, 15) is 4.79 Å². The van der Waals surface area contributed by atoms with Gasteiger partial charge in [0, 0.05) is 30.9 Å². The molecule has 0 atom stereocenters. The van der Waals surface area contributed by atoms with E-state index < -0.39 is 0 Å². The van der Waals surface area contributed by atoms with Crippen LogP contribution in [0.25, 0.3) is 10.9 Å². The predicted molar refractivity (Wildman–Crippen MR) is 96.1 cm³/mol. The number of benzene rings is 1. The standard InChI is InChI=1S/C20H20N4O/c25-20(18-6-10-21-14-23-18)24-11-7-15(8-12-24)13-17-4-1-3-16-5-2-9-22-19(16)17/h1-6,9-10,14-15H,7-8,11-13H2. The molecule has 126 valence electrons. The van der Waals surface area contributed by atoms with Crippen LogP contribution in [0.5, 0.6) is 0 Å². The number of likely N-dealkylation sites (tertiary alicyclic amines) is 1. The van der Waals surface area contributed by atoms with Gasteiger partial charge in [0.05, 0.1) is 5.52 Å². The first kappa shape index (κ1) is 15.7. The summed E-state index contributed by atoms with van der Waals surface area (Å²) in [5.41, 5.74) is 2.88. The van der Waals surface area contributed by atoms with Crippen LogP contribution in [0.3, 0.4) is 0 Å². The first-order valence-corrected chi connectivity index (χ1v) is 8.69. The van der Waals surface area contributed by atoms with Crippen LogP contribution in [0.15, 0.2) is 55.1 Å². The molecule has 3 aromatic rings. The maximum absolute atomic E-state index is 12.5. The van der Waals surface area contributed by atoms with Crippen molar-refractivity contribution >= 4 is 16.8 Å². The summed E-state index contributed by atoms with van der Waals surface area (Å²) in [6.45, 7) is 1.57. The quantitative estimate of drug-likeness (QED) is 0.739. The lowest BCUT2D eigenvalue weighted by atomic mass is 9.89. The van der Waals surface area contributed by atoms with Crippen LogP contribution in [0, 0.1) is 5.92 Å². The number of aromatic nitrogens is 3. The van der Waals surface area contributed by atoms with Crippen LogP contribution >= 0.6 is 0 Å². The van der Waals surface area contributed by atoms with Gasteiger partial charge in [0.25, 0.3) is 5.91 Å². The zero-order valence-corrected chi connectivity index (χ0v) is 14.0. The number of hydrogen-bond donors (Lipinski definition) is 0. The summed E-state index contributed by atoms with van der Waals surface area (Å²) < 4.78 is 0. The molecule has 1 amide bonds. The Morgan fingerprint density at radius 1 is 1.04 bits per heavy atom. The number of amides is 1. The largest absolute Gasteiger partial charge is 0.337 e. The summed E-state index contributed by atoms with van der Waals surface area (Å²) in [5, 5.41) is 1.19. The molecule has 25 heavy (non-hydrogen) atoms. The van der Waals surface area contributed by atoms with Crippen molar-refractivity contribution in [3.63, 3.8) is 0 Å². The first-order valence-electron chi connectivity index (χ1n) is 8.69. The van der Waals surface area contributed by atoms with E-state index in [-0.39, 0.29) is 5.91 Å². The van der Waals surface area contributed by atoms with E-state index in [1.165, 1.54) is 17.3 Å². The topological polar surface area (TPSA) is 59.0 Å². The van der Waals surface area contributed by atoms with Crippen molar-refractivity contribution in [2.45, 2.75) is 19.3 Å². The molecular weight excluding hydrogens is 312 g/mol. The highest BCUT2D eigenvalue weighted by atomic mass is 16.2. The number of piperidine rings is 1. The highest BCUT2D eigenvalue weighted by molar-refractivity contribution is 5.92. The van der Waals surface area contributed by atoms with Gasteiger partial charge in [-0.25, -0.2) is 9.97 Å². The van der Waals surface area contributed by atoms with Crippen LogP contribution < -0.4 is 0 Å². The number of carbonyl (C=O) groups excluding carboxylic acids is 1. The van der Waals surface area contributed by atoms with Gasteiger partial charge in [0.2, 0.25) is 0 Å². The average molecular weight is 332 g/mol. The highest BCUT2D eigenvalue weighted by Gasteiger charge is 2.24. The summed E-state index contributed by atoms with van der Waals surface area (Å²) in [4.78, 5) is 26.9. The molecule has 1 saturated heterocycles. The zero-order chi connectivity index (χ0) is 17.1. The molecule has 0 unspecified atom stereocenters. The number of nitrogens with zero attached hydrogens (tertiary/aromatic N) is 4. The van der Waals surface area contributed by atoms with E-state index in [4.69, 9.17) is 0 Å². The van der Waals surface area contributed by atoms with Gasteiger partial charge in [0.15, 0.2) is 0 Å². The third-order valence-electron chi connectivity index (χ3n) is 4.93. The second-order valence-corrected chi connectivity index (χ2v) is 6.53. The van der Waals surface area contributed by atoms with Crippen molar-refractivity contribution in [1.29, 1.82) is 0 Å². The number of para-hydroxylation sites is 1. The molecule has 5 nitrogen and oxygen atoms in total. The summed E-state index contributed by atoms with van der Waals surface area (Å²) >= 11 is 0. The van der Waals surface area contributed by atoms with Gasteiger partial charge in [-0.05, 0) is 42.9 Å². The van der Waals surface area contributed by atoms with E-state index in [2.05, 4.69) is 39.2 Å². The van der Waals surface area contributed by atoms with E-state index >= 15 is 0 Å². The zero-order valence-electron chi connectivity index (χ0n) is 14.0. The molecule has 0 saturated carbocycles. The molecule has 3 heterocycles. The second-order valence-electron chi connectivity index (χ2n) is 6.53. The SMILES string of the molecule is O=C(c1ccncn1)N1CCC(Cc2cccc3cccnc23)CC1. The van der Waals surface area contributed by atoms with Gasteiger partial charge in [-0.15, -0.1) is 0 Å². The molecule has 4 rings (SSSR count). The Balaban J connectivity index is 1.41. The summed E-state index contributed by atoms with van der Waals surface area (Å²) in [7, 11) is 0. The van der Waals surface area contributed by atoms with E-state index in [1.54, 1.807) is 12.3 Å². The minimum atomic E-state index is 0.00711. The van der Waals surface area contributed by atoms with Crippen LogP contribution in [0.2, 0.25) is 0 Å². The molecule has 1 aromatic carbocycles. The van der Waals surface area contributed by atoms with E-state index in [1.807, 2.05) is 17.2 Å². The summed E-state index contributed by atoms with van der Waals surface area (Å²) in [6.07, 6.45) is 7.94. The minimum Gasteiger partial charge on any atom is -0.337 e. The number of hydrogen-bond acceptors (Lipinski definition) is 4. The molecule has 0 bridgehead atoms. The molecular formula is C20H20N4O. The lowest BCUT2D eigenvalue weighted by Crippen LogP contribution is -2.39. The predicted octanol–water partition coefficient (Wildman–Crippen LogP) is 3.12. The third kappa shape index (κ3) is 3.36. The van der Waals surface area contributed by atoms with E-state index in [0.29, 0.717) is 11.6 Å². The van der Waals surface area contributed by atoms with Crippen molar-refractivity contribution in [3.8, 4) is 0 Å². The maximum atomic E-state index is 12.5. The normalized spacial score (nSPS) is 15.4.